The van der Waals surface area contributed by atoms with Gasteiger partial charge in [0.25, 0.3) is 0 Å². The van der Waals surface area contributed by atoms with E-state index in [0.29, 0.717) is 5.41 Å². The van der Waals surface area contributed by atoms with E-state index < -0.39 is 0 Å². The molecule has 0 saturated heterocycles. The van der Waals surface area contributed by atoms with Crippen LogP contribution in [0.3, 0.4) is 0 Å². The fraction of sp³-hybridized carbons (Fsp3) is 0.824. The maximum atomic E-state index is 4.59. The Kier molecular flexibility index (Phi) is 5.81. The fourth-order valence-corrected chi connectivity index (χ4v) is 2.56. The van der Waals surface area contributed by atoms with Crippen molar-refractivity contribution in [3.8, 4) is 0 Å². The Labute approximate surface area is 125 Å². The standard InChI is InChI=1S/C17H33N3/c1-8-14-11-15(20(7)19-14)12-17(9-2,10-3)13-18-16(4,5)6/h11,18H,8-10,12-13H2,1-7H3. The molecule has 0 amide bonds. The molecule has 1 aromatic rings. The molecular weight excluding hydrogens is 246 g/mol. The van der Waals surface area contributed by atoms with Gasteiger partial charge in [-0.15, -0.1) is 0 Å². The summed E-state index contributed by atoms with van der Waals surface area (Å²) in [5.41, 5.74) is 3.07. The second kappa shape index (κ2) is 6.75. The SMILES string of the molecule is CCc1cc(CC(CC)(CC)CNC(C)(C)C)n(C)n1. The van der Waals surface area contributed by atoms with Gasteiger partial charge in [-0.3, -0.25) is 4.68 Å². The van der Waals surface area contributed by atoms with E-state index in [-0.39, 0.29) is 5.54 Å². The summed E-state index contributed by atoms with van der Waals surface area (Å²) in [5, 5.41) is 8.28. The predicted octanol–water partition coefficient (Wildman–Crippen LogP) is 3.72. The van der Waals surface area contributed by atoms with Gasteiger partial charge in [-0.05, 0) is 57.9 Å². The first-order chi connectivity index (χ1) is 9.25. The second-order valence-electron chi connectivity index (χ2n) is 7.09. The Morgan fingerprint density at radius 3 is 2.15 bits per heavy atom. The Morgan fingerprint density at radius 1 is 1.15 bits per heavy atom. The first-order valence-corrected chi connectivity index (χ1v) is 8.02. The van der Waals surface area contributed by atoms with Gasteiger partial charge in [0.05, 0.1) is 5.69 Å². The zero-order valence-corrected chi connectivity index (χ0v) is 14.5. The van der Waals surface area contributed by atoms with Crippen LogP contribution >= 0.6 is 0 Å². The van der Waals surface area contributed by atoms with Gasteiger partial charge in [-0.25, -0.2) is 0 Å². The van der Waals surface area contributed by atoms with Crippen molar-refractivity contribution in [3.05, 3.63) is 17.5 Å². The lowest BCUT2D eigenvalue weighted by atomic mass is 9.77. The zero-order chi connectivity index (χ0) is 15.4. The molecule has 1 N–H and O–H groups in total. The molecule has 0 saturated carbocycles. The topological polar surface area (TPSA) is 29.9 Å². The van der Waals surface area contributed by atoms with E-state index in [4.69, 9.17) is 0 Å². The molecule has 0 spiro atoms. The van der Waals surface area contributed by atoms with E-state index in [2.05, 4.69) is 69.8 Å². The van der Waals surface area contributed by atoms with Crippen molar-refractivity contribution in [2.75, 3.05) is 6.54 Å². The Balaban J connectivity index is 2.87. The van der Waals surface area contributed by atoms with Crippen molar-refractivity contribution < 1.29 is 0 Å². The monoisotopic (exact) mass is 279 g/mol. The molecule has 0 bridgehead atoms. The van der Waals surface area contributed by atoms with E-state index in [9.17, 15) is 0 Å². The van der Waals surface area contributed by atoms with Crippen LogP contribution in [0, 0.1) is 5.41 Å². The minimum atomic E-state index is 0.177. The molecule has 116 valence electrons. The van der Waals surface area contributed by atoms with Crippen LogP contribution in [0.1, 0.15) is 65.8 Å². The van der Waals surface area contributed by atoms with Crippen molar-refractivity contribution in [1.82, 2.24) is 15.1 Å². The molecule has 1 aromatic heterocycles. The fourth-order valence-electron chi connectivity index (χ4n) is 2.56. The van der Waals surface area contributed by atoms with Gasteiger partial charge in [0.15, 0.2) is 0 Å². The van der Waals surface area contributed by atoms with Gasteiger partial charge in [0, 0.05) is 24.8 Å². The molecule has 0 aliphatic carbocycles. The van der Waals surface area contributed by atoms with Crippen LogP contribution in [-0.2, 0) is 19.9 Å². The van der Waals surface area contributed by atoms with Gasteiger partial charge in [0.1, 0.15) is 0 Å². The number of nitrogens with one attached hydrogen (secondary N) is 1. The number of rotatable bonds is 7. The molecule has 0 aliphatic rings. The highest BCUT2D eigenvalue weighted by molar-refractivity contribution is 5.12. The van der Waals surface area contributed by atoms with Crippen LogP contribution in [-0.4, -0.2) is 21.9 Å². The van der Waals surface area contributed by atoms with E-state index in [1.165, 1.54) is 24.2 Å². The average molecular weight is 279 g/mol. The van der Waals surface area contributed by atoms with Gasteiger partial charge < -0.3 is 5.32 Å². The third-order valence-corrected chi connectivity index (χ3v) is 4.44. The highest BCUT2D eigenvalue weighted by Crippen LogP contribution is 2.31. The van der Waals surface area contributed by atoms with E-state index in [0.717, 1.165) is 19.4 Å². The van der Waals surface area contributed by atoms with Gasteiger partial charge in [-0.1, -0.05) is 20.8 Å². The Bertz CT molecular complexity index is 408. The van der Waals surface area contributed by atoms with Gasteiger partial charge in [0.2, 0.25) is 0 Å². The third-order valence-electron chi connectivity index (χ3n) is 4.44. The summed E-state index contributed by atoms with van der Waals surface area (Å²) in [6.07, 6.45) is 4.50. The van der Waals surface area contributed by atoms with E-state index in [1.54, 1.807) is 0 Å². The molecule has 20 heavy (non-hydrogen) atoms. The van der Waals surface area contributed by atoms with Gasteiger partial charge >= 0.3 is 0 Å². The molecule has 0 unspecified atom stereocenters. The summed E-state index contributed by atoms with van der Waals surface area (Å²) >= 11 is 0. The normalized spacial score (nSPS) is 12.9. The van der Waals surface area contributed by atoms with Crippen LogP contribution in [0.4, 0.5) is 0 Å². The number of aryl methyl sites for hydroxylation is 2. The lowest BCUT2D eigenvalue weighted by molar-refractivity contribution is 0.216. The summed E-state index contributed by atoms with van der Waals surface area (Å²) in [4.78, 5) is 0. The first-order valence-electron chi connectivity index (χ1n) is 8.02. The van der Waals surface area contributed by atoms with Crippen molar-refractivity contribution in [2.24, 2.45) is 12.5 Å². The lowest BCUT2D eigenvalue weighted by Gasteiger charge is -2.35. The number of nitrogens with zero attached hydrogens (tertiary/aromatic N) is 2. The van der Waals surface area contributed by atoms with Gasteiger partial charge in [-0.2, -0.15) is 5.10 Å². The first kappa shape index (κ1) is 17.2. The molecule has 1 heterocycles. The Hall–Kier alpha value is -0.830. The van der Waals surface area contributed by atoms with Crippen LogP contribution in [0.25, 0.3) is 0 Å². The van der Waals surface area contributed by atoms with Crippen LogP contribution in [0.5, 0.6) is 0 Å². The highest BCUT2D eigenvalue weighted by atomic mass is 15.3. The lowest BCUT2D eigenvalue weighted by Crippen LogP contribution is -2.44. The van der Waals surface area contributed by atoms with Crippen molar-refractivity contribution >= 4 is 0 Å². The minimum Gasteiger partial charge on any atom is -0.312 e. The number of hydrogen-bond donors (Lipinski definition) is 1. The molecular formula is C17H33N3. The van der Waals surface area contributed by atoms with Crippen LogP contribution in [0.15, 0.2) is 6.07 Å². The largest absolute Gasteiger partial charge is 0.312 e. The predicted molar refractivity (Wildman–Crippen MR) is 87.1 cm³/mol. The zero-order valence-electron chi connectivity index (χ0n) is 14.5. The quantitative estimate of drug-likeness (QED) is 0.824. The highest BCUT2D eigenvalue weighted by Gasteiger charge is 2.29. The smallest absolute Gasteiger partial charge is 0.0624 e. The average Bonchev–Trinajstić information content (AvgIpc) is 2.74. The molecule has 3 nitrogen and oxygen atoms in total. The van der Waals surface area contributed by atoms with Crippen molar-refractivity contribution in [2.45, 2.75) is 72.8 Å². The maximum absolute atomic E-state index is 4.59. The summed E-state index contributed by atoms with van der Waals surface area (Å²) in [7, 11) is 2.07. The minimum absolute atomic E-state index is 0.177. The third kappa shape index (κ3) is 4.62. The molecule has 0 atom stereocenters. The van der Waals surface area contributed by atoms with E-state index in [1.807, 2.05) is 0 Å². The summed E-state index contributed by atoms with van der Waals surface area (Å²) in [5.74, 6) is 0. The van der Waals surface area contributed by atoms with Crippen LogP contribution < -0.4 is 5.32 Å². The molecule has 0 radical (unpaired) electrons. The van der Waals surface area contributed by atoms with Crippen LogP contribution in [0.2, 0.25) is 0 Å². The van der Waals surface area contributed by atoms with E-state index >= 15 is 0 Å². The maximum Gasteiger partial charge on any atom is 0.0624 e. The molecule has 0 aromatic carbocycles. The number of hydrogen-bond acceptors (Lipinski definition) is 2. The number of aromatic nitrogens is 2. The molecule has 3 heteroatoms. The van der Waals surface area contributed by atoms with Crippen molar-refractivity contribution in [1.29, 1.82) is 0 Å². The van der Waals surface area contributed by atoms with Crippen molar-refractivity contribution in [3.63, 3.8) is 0 Å². The summed E-state index contributed by atoms with van der Waals surface area (Å²) < 4.78 is 2.07. The summed E-state index contributed by atoms with van der Waals surface area (Å²) in [6.45, 7) is 14.6. The summed E-state index contributed by atoms with van der Waals surface area (Å²) in [6, 6.07) is 2.27. The Morgan fingerprint density at radius 2 is 1.75 bits per heavy atom. The molecule has 0 fully saturated rings. The molecule has 0 aliphatic heterocycles. The molecule has 1 rings (SSSR count). The second-order valence-corrected chi connectivity index (χ2v) is 7.09.